The Morgan fingerprint density at radius 1 is 1.11 bits per heavy atom. The Morgan fingerprint density at radius 3 is 2.74 bits per heavy atom. The summed E-state index contributed by atoms with van der Waals surface area (Å²) in [6.45, 7) is 2.52. The number of benzene rings is 2. The minimum atomic E-state index is -0.332. The maximum absolute atomic E-state index is 14.0. The number of rotatable bonds is 2. The molecule has 3 rings (SSSR count). The number of hydrogen-bond acceptors (Lipinski definition) is 0. The molecule has 3 heteroatoms. The molecule has 1 aromatic heterocycles. The van der Waals surface area contributed by atoms with Gasteiger partial charge in [0.25, 0.3) is 0 Å². The number of nitrogens with zero attached hydrogens (tertiary/aromatic N) is 1. The Labute approximate surface area is 116 Å². The average molecular weight is 274 g/mol. The Hall–Kier alpha value is -1.80. The minimum absolute atomic E-state index is 0.173. The Balaban J connectivity index is 2.11. The van der Waals surface area contributed by atoms with Crippen LogP contribution in [0.15, 0.2) is 48.5 Å². The summed E-state index contributed by atoms with van der Waals surface area (Å²) in [6.07, 6.45) is 0. The highest BCUT2D eigenvalue weighted by molar-refractivity contribution is 6.30. The van der Waals surface area contributed by atoms with E-state index in [0.717, 1.165) is 11.2 Å². The third-order valence-corrected chi connectivity index (χ3v) is 3.67. The SMILES string of the molecule is Cc1cc2ccccc2n1Cc1cccc(Cl)c1F. The van der Waals surface area contributed by atoms with Crippen LogP contribution in [0.25, 0.3) is 10.9 Å². The molecule has 0 N–H and O–H groups in total. The smallest absolute Gasteiger partial charge is 0.146 e. The number of aryl methyl sites for hydroxylation is 1. The molecule has 0 saturated heterocycles. The zero-order chi connectivity index (χ0) is 13.4. The van der Waals surface area contributed by atoms with Gasteiger partial charge in [0, 0.05) is 16.8 Å². The quantitative estimate of drug-likeness (QED) is 0.633. The molecule has 19 heavy (non-hydrogen) atoms. The third kappa shape index (κ3) is 2.13. The number of halogens is 2. The lowest BCUT2D eigenvalue weighted by Crippen LogP contribution is -2.03. The summed E-state index contributed by atoms with van der Waals surface area (Å²) in [7, 11) is 0. The lowest BCUT2D eigenvalue weighted by Gasteiger charge is -2.10. The fraction of sp³-hybridized carbons (Fsp3) is 0.125. The molecule has 0 fully saturated rings. The van der Waals surface area contributed by atoms with Crippen LogP contribution in [0.1, 0.15) is 11.3 Å². The molecule has 3 aromatic rings. The molecular formula is C16H13ClFN. The van der Waals surface area contributed by atoms with E-state index in [2.05, 4.69) is 16.7 Å². The number of aromatic nitrogens is 1. The predicted octanol–water partition coefficient (Wildman–Crippen LogP) is 4.79. The maximum Gasteiger partial charge on any atom is 0.146 e. The van der Waals surface area contributed by atoms with Gasteiger partial charge in [0.05, 0.1) is 11.6 Å². The van der Waals surface area contributed by atoms with Crippen LogP contribution in [-0.2, 0) is 6.54 Å². The van der Waals surface area contributed by atoms with E-state index in [0.29, 0.717) is 12.1 Å². The first-order chi connectivity index (χ1) is 9.16. The third-order valence-electron chi connectivity index (χ3n) is 3.38. The van der Waals surface area contributed by atoms with Gasteiger partial charge in [0.15, 0.2) is 0 Å². The van der Waals surface area contributed by atoms with Crippen LogP contribution in [0.5, 0.6) is 0 Å². The van der Waals surface area contributed by atoms with E-state index in [9.17, 15) is 4.39 Å². The zero-order valence-electron chi connectivity index (χ0n) is 10.5. The van der Waals surface area contributed by atoms with E-state index in [4.69, 9.17) is 11.6 Å². The standard InChI is InChI=1S/C16H13ClFN/c1-11-9-12-5-2-3-8-15(12)19(11)10-13-6-4-7-14(17)16(13)18/h2-9H,10H2,1H3. The van der Waals surface area contributed by atoms with Crippen molar-refractivity contribution in [3.05, 3.63) is 70.6 Å². The first kappa shape index (κ1) is 12.2. The highest BCUT2D eigenvalue weighted by atomic mass is 35.5. The molecule has 2 aromatic carbocycles. The summed E-state index contributed by atoms with van der Waals surface area (Å²) in [6, 6.07) is 15.3. The van der Waals surface area contributed by atoms with Crippen molar-refractivity contribution in [2.45, 2.75) is 13.5 Å². The van der Waals surface area contributed by atoms with E-state index in [1.807, 2.05) is 25.1 Å². The van der Waals surface area contributed by atoms with Gasteiger partial charge < -0.3 is 4.57 Å². The fourth-order valence-corrected chi connectivity index (χ4v) is 2.59. The van der Waals surface area contributed by atoms with Crippen molar-refractivity contribution in [3.63, 3.8) is 0 Å². The maximum atomic E-state index is 14.0. The topological polar surface area (TPSA) is 4.93 Å². The Kier molecular flexibility index (Phi) is 3.03. The number of hydrogen-bond donors (Lipinski definition) is 0. The van der Waals surface area contributed by atoms with Gasteiger partial charge in [-0.05, 0) is 30.5 Å². The molecule has 0 amide bonds. The molecule has 0 aliphatic rings. The molecule has 0 bridgehead atoms. The highest BCUT2D eigenvalue weighted by Gasteiger charge is 2.10. The summed E-state index contributed by atoms with van der Waals surface area (Å²) < 4.78 is 16.1. The second-order valence-corrected chi connectivity index (χ2v) is 5.05. The summed E-state index contributed by atoms with van der Waals surface area (Å²) in [5.41, 5.74) is 2.83. The Bertz CT molecular complexity index is 746. The van der Waals surface area contributed by atoms with Gasteiger partial charge in [0.2, 0.25) is 0 Å². The minimum Gasteiger partial charge on any atom is -0.340 e. The molecule has 1 heterocycles. The zero-order valence-corrected chi connectivity index (χ0v) is 11.3. The fourth-order valence-electron chi connectivity index (χ4n) is 2.40. The average Bonchev–Trinajstić information content (AvgIpc) is 2.72. The van der Waals surface area contributed by atoms with Gasteiger partial charge in [-0.3, -0.25) is 0 Å². The van der Waals surface area contributed by atoms with Crippen molar-refractivity contribution in [2.24, 2.45) is 0 Å². The van der Waals surface area contributed by atoms with Crippen LogP contribution in [0.4, 0.5) is 4.39 Å². The van der Waals surface area contributed by atoms with Crippen molar-refractivity contribution >= 4 is 22.5 Å². The van der Waals surface area contributed by atoms with Gasteiger partial charge in [-0.1, -0.05) is 41.9 Å². The van der Waals surface area contributed by atoms with Crippen molar-refractivity contribution in [1.82, 2.24) is 4.57 Å². The van der Waals surface area contributed by atoms with Crippen LogP contribution < -0.4 is 0 Å². The predicted molar refractivity (Wildman–Crippen MR) is 77.2 cm³/mol. The molecule has 0 aliphatic heterocycles. The second-order valence-electron chi connectivity index (χ2n) is 4.64. The molecular weight excluding hydrogens is 261 g/mol. The monoisotopic (exact) mass is 273 g/mol. The van der Waals surface area contributed by atoms with Gasteiger partial charge in [0.1, 0.15) is 5.82 Å². The van der Waals surface area contributed by atoms with Gasteiger partial charge in [-0.2, -0.15) is 0 Å². The first-order valence-corrected chi connectivity index (χ1v) is 6.52. The van der Waals surface area contributed by atoms with Crippen molar-refractivity contribution in [1.29, 1.82) is 0 Å². The summed E-state index contributed by atoms with van der Waals surface area (Å²) in [5.74, 6) is -0.332. The lowest BCUT2D eigenvalue weighted by atomic mass is 10.2. The van der Waals surface area contributed by atoms with Crippen molar-refractivity contribution in [2.75, 3.05) is 0 Å². The largest absolute Gasteiger partial charge is 0.340 e. The van der Waals surface area contributed by atoms with E-state index >= 15 is 0 Å². The summed E-state index contributed by atoms with van der Waals surface area (Å²) in [5, 5.41) is 1.34. The molecule has 0 atom stereocenters. The van der Waals surface area contributed by atoms with E-state index in [-0.39, 0.29) is 10.8 Å². The van der Waals surface area contributed by atoms with Crippen LogP contribution in [-0.4, -0.2) is 4.57 Å². The highest BCUT2D eigenvalue weighted by Crippen LogP contribution is 2.23. The Morgan fingerprint density at radius 2 is 1.89 bits per heavy atom. The molecule has 96 valence electrons. The van der Waals surface area contributed by atoms with E-state index in [1.165, 1.54) is 5.39 Å². The molecule has 1 nitrogen and oxygen atoms in total. The van der Waals surface area contributed by atoms with Gasteiger partial charge in [-0.25, -0.2) is 4.39 Å². The molecule has 0 aliphatic carbocycles. The summed E-state index contributed by atoms with van der Waals surface area (Å²) >= 11 is 5.83. The van der Waals surface area contributed by atoms with E-state index in [1.54, 1.807) is 18.2 Å². The van der Waals surface area contributed by atoms with Crippen LogP contribution in [0.3, 0.4) is 0 Å². The first-order valence-electron chi connectivity index (χ1n) is 6.14. The molecule has 0 radical (unpaired) electrons. The molecule has 0 saturated carbocycles. The normalized spacial score (nSPS) is 11.1. The van der Waals surface area contributed by atoms with Crippen molar-refractivity contribution < 1.29 is 4.39 Å². The molecule has 0 unspecified atom stereocenters. The van der Waals surface area contributed by atoms with Crippen LogP contribution in [0, 0.1) is 12.7 Å². The second kappa shape index (κ2) is 4.71. The van der Waals surface area contributed by atoms with E-state index < -0.39 is 0 Å². The molecule has 0 spiro atoms. The number of para-hydroxylation sites is 1. The summed E-state index contributed by atoms with van der Waals surface area (Å²) in [4.78, 5) is 0. The van der Waals surface area contributed by atoms with Gasteiger partial charge in [-0.15, -0.1) is 0 Å². The van der Waals surface area contributed by atoms with Crippen molar-refractivity contribution in [3.8, 4) is 0 Å². The number of fused-ring (bicyclic) bond motifs is 1. The van der Waals surface area contributed by atoms with Crippen LogP contribution in [0.2, 0.25) is 5.02 Å². The van der Waals surface area contributed by atoms with Gasteiger partial charge >= 0.3 is 0 Å². The van der Waals surface area contributed by atoms with Crippen LogP contribution >= 0.6 is 11.6 Å². The lowest BCUT2D eigenvalue weighted by molar-refractivity contribution is 0.601.